The van der Waals surface area contributed by atoms with Gasteiger partial charge < -0.3 is 10.6 Å². The number of aromatic nitrogens is 4. The largest absolute Gasteiger partial charge is 0.361 e. The van der Waals surface area contributed by atoms with Gasteiger partial charge in [0.2, 0.25) is 5.91 Å². The van der Waals surface area contributed by atoms with Crippen LogP contribution in [0.25, 0.3) is 5.65 Å². The van der Waals surface area contributed by atoms with Crippen molar-refractivity contribution in [1.29, 1.82) is 0 Å². The van der Waals surface area contributed by atoms with Crippen molar-refractivity contribution in [2.24, 2.45) is 0 Å². The van der Waals surface area contributed by atoms with Gasteiger partial charge in [0, 0.05) is 13.1 Å². The van der Waals surface area contributed by atoms with E-state index in [2.05, 4.69) is 25.8 Å². The maximum absolute atomic E-state index is 11.1. The van der Waals surface area contributed by atoms with Crippen molar-refractivity contribution in [1.82, 2.24) is 24.9 Å². The molecule has 8 nitrogen and oxygen atoms in total. The molecule has 0 bridgehead atoms. The number of rotatable bonds is 3. The average Bonchev–Trinajstić information content (AvgIpc) is 2.67. The van der Waals surface area contributed by atoms with Crippen LogP contribution in [0.3, 0.4) is 0 Å². The molecule has 2 rings (SSSR count). The number of anilines is 1. The first kappa shape index (κ1) is 10.1. The topological polar surface area (TPSA) is 104 Å². The zero-order chi connectivity index (χ0) is 11.5. The monoisotopic (exact) mass is 222 g/mol. The van der Waals surface area contributed by atoms with Gasteiger partial charge in [0.15, 0.2) is 5.65 Å². The number of hydrogen-bond donors (Lipinski definition) is 3. The number of fused-ring (bicyclic) bond motifs is 1. The number of nitrogens with one attached hydrogen (secondary N) is 3. The van der Waals surface area contributed by atoms with Crippen molar-refractivity contribution in [3.63, 3.8) is 0 Å². The summed E-state index contributed by atoms with van der Waals surface area (Å²) >= 11 is 0. The van der Waals surface area contributed by atoms with E-state index >= 15 is 0 Å². The Hall–Kier alpha value is -2.38. The lowest BCUT2D eigenvalue weighted by atomic mass is 10.5. The summed E-state index contributed by atoms with van der Waals surface area (Å²) in [6, 6.07) is 1.57. The Bertz CT molecular complexity index is 571. The molecule has 0 unspecified atom stereocenters. The van der Waals surface area contributed by atoms with Crippen molar-refractivity contribution < 1.29 is 4.79 Å². The summed E-state index contributed by atoms with van der Waals surface area (Å²) < 4.78 is 1.27. The van der Waals surface area contributed by atoms with E-state index in [9.17, 15) is 9.59 Å². The van der Waals surface area contributed by atoms with Crippen LogP contribution in [0.1, 0.15) is 0 Å². The van der Waals surface area contributed by atoms with E-state index in [1.807, 2.05) is 0 Å². The normalized spacial score (nSPS) is 10.3. The van der Waals surface area contributed by atoms with E-state index < -0.39 is 0 Å². The lowest BCUT2D eigenvalue weighted by Crippen LogP contribution is -2.26. The van der Waals surface area contributed by atoms with E-state index in [-0.39, 0.29) is 18.1 Å². The first-order valence-electron chi connectivity index (χ1n) is 4.58. The third kappa shape index (κ3) is 1.85. The molecule has 2 heterocycles. The molecule has 84 valence electrons. The molecule has 16 heavy (non-hydrogen) atoms. The Morgan fingerprint density at radius 1 is 1.62 bits per heavy atom. The highest BCUT2D eigenvalue weighted by molar-refractivity contribution is 5.80. The van der Waals surface area contributed by atoms with Crippen LogP contribution in [0.4, 0.5) is 5.82 Å². The van der Waals surface area contributed by atoms with Crippen LogP contribution in [0, 0.1) is 0 Å². The van der Waals surface area contributed by atoms with Crippen molar-refractivity contribution in [2.45, 2.75) is 0 Å². The summed E-state index contributed by atoms with van der Waals surface area (Å²) in [6.45, 7) is 0.119. The number of likely N-dealkylation sites (N-methyl/N-ethyl adjacent to an activating group) is 1. The Balaban J connectivity index is 2.20. The summed E-state index contributed by atoms with van der Waals surface area (Å²) in [5, 5.41) is 11.3. The van der Waals surface area contributed by atoms with E-state index in [0.29, 0.717) is 11.5 Å². The third-order valence-electron chi connectivity index (χ3n) is 2.02. The molecule has 0 atom stereocenters. The lowest BCUT2D eigenvalue weighted by molar-refractivity contribution is -0.118. The summed E-state index contributed by atoms with van der Waals surface area (Å²) in [5.41, 5.74) is 0.0970. The summed E-state index contributed by atoms with van der Waals surface area (Å²) in [4.78, 5) is 26.1. The minimum atomic E-state index is -0.347. The van der Waals surface area contributed by atoms with Gasteiger partial charge in [0.05, 0.1) is 6.54 Å². The number of amides is 1. The molecule has 0 spiro atoms. The van der Waals surface area contributed by atoms with Gasteiger partial charge in [-0.15, -0.1) is 0 Å². The highest BCUT2D eigenvalue weighted by atomic mass is 16.2. The fourth-order valence-electron chi connectivity index (χ4n) is 1.17. The molecule has 0 fully saturated rings. The van der Waals surface area contributed by atoms with Crippen LogP contribution in [-0.4, -0.2) is 39.1 Å². The number of H-pyrrole nitrogens is 1. The molecular formula is C8H10N6O2. The molecule has 0 aliphatic heterocycles. The predicted molar refractivity (Wildman–Crippen MR) is 56.2 cm³/mol. The minimum absolute atomic E-state index is 0.119. The van der Waals surface area contributed by atoms with E-state index in [4.69, 9.17) is 0 Å². The van der Waals surface area contributed by atoms with Gasteiger partial charge in [-0.1, -0.05) is 0 Å². The average molecular weight is 222 g/mol. The molecule has 1 amide bonds. The van der Waals surface area contributed by atoms with E-state index in [1.54, 1.807) is 13.1 Å². The third-order valence-corrected chi connectivity index (χ3v) is 2.02. The Morgan fingerprint density at radius 2 is 2.44 bits per heavy atom. The first-order chi connectivity index (χ1) is 7.70. The van der Waals surface area contributed by atoms with Gasteiger partial charge in [0.25, 0.3) is 0 Å². The summed E-state index contributed by atoms with van der Waals surface area (Å²) in [5.74, 6) is 0.330. The molecule has 0 aliphatic rings. The highest BCUT2D eigenvalue weighted by Crippen LogP contribution is 2.03. The van der Waals surface area contributed by atoms with Gasteiger partial charge in [-0.3, -0.25) is 4.79 Å². The van der Waals surface area contributed by atoms with Crippen LogP contribution < -0.4 is 16.3 Å². The smallest absolute Gasteiger partial charge is 0.348 e. The van der Waals surface area contributed by atoms with Crippen LogP contribution in [-0.2, 0) is 4.79 Å². The van der Waals surface area contributed by atoms with E-state index in [1.165, 1.54) is 10.7 Å². The Morgan fingerprint density at radius 3 is 3.19 bits per heavy atom. The zero-order valence-electron chi connectivity index (χ0n) is 8.52. The fraction of sp³-hybridized carbons (Fsp3) is 0.250. The molecular weight excluding hydrogens is 212 g/mol. The second kappa shape index (κ2) is 4.01. The Labute approximate surface area is 89.7 Å². The number of hydrogen-bond acceptors (Lipinski definition) is 5. The molecule has 2 aromatic rings. The minimum Gasteiger partial charge on any atom is -0.361 e. The van der Waals surface area contributed by atoms with Crippen molar-refractivity contribution in [2.75, 3.05) is 18.9 Å². The molecule has 2 aromatic heterocycles. The van der Waals surface area contributed by atoms with Gasteiger partial charge >= 0.3 is 5.69 Å². The maximum Gasteiger partial charge on any atom is 0.348 e. The van der Waals surface area contributed by atoms with Gasteiger partial charge in [-0.25, -0.2) is 19.3 Å². The summed E-state index contributed by atoms with van der Waals surface area (Å²) in [7, 11) is 1.55. The van der Waals surface area contributed by atoms with Gasteiger partial charge in [0.1, 0.15) is 12.1 Å². The van der Waals surface area contributed by atoms with Crippen molar-refractivity contribution >= 4 is 17.4 Å². The number of carbonyl (C=O) groups is 1. The molecule has 0 radical (unpaired) electrons. The number of nitrogens with zero attached hydrogens (tertiary/aromatic N) is 3. The van der Waals surface area contributed by atoms with Crippen LogP contribution >= 0.6 is 0 Å². The summed E-state index contributed by atoms with van der Waals surface area (Å²) in [6.07, 6.45) is 1.34. The van der Waals surface area contributed by atoms with Crippen LogP contribution in [0.5, 0.6) is 0 Å². The Kier molecular flexibility index (Phi) is 2.54. The molecule has 3 N–H and O–H groups in total. The lowest BCUT2D eigenvalue weighted by Gasteiger charge is -2.03. The SMILES string of the molecule is CNC(=O)CNc1cc2n[nH]c(=O)n2cn1. The highest BCUT2D eigenvalue weighted by Gasteiger charge is 2.03. The molecule has 0 aliphatic carbocycles. The van der Waals surface area contributed by atoms with Crippen LogP contribution in [0.15, 0.2) is 17.2 Å². The molecule has 0 saturated carbocycles. The predicted octanol–water partition coefficient (Wildman–Crippen LogP) is -1.42. The quantitative estimate of drug-likeness (QED) is 0.591. The van der Waals surface area contributed by atoms with Crippen molar-refractivity contribution in [3.05, 3.63) is 22.9 Å². The van der Waals surface area contributed by atoms with Crippen LogP contribution in [0.2, 0.25) is 0 Å². The fourth-order valence-corrected chi connectivity index (χ4v) is 1.17. The second-order valence-electron chi connectivity index (χ2n) is 3.06. The van der Waals surface area contributed by atoms with E-state index in [0.717, 1.165) is 0 Å². The zero-order valence-corrected chi connectivity index (χ0v) is 8.52. The molecule has 0 saturated heterocycles. The molecule has 0 aromatic carbocycles. The van der Waals surface area contributed by atoms with Crippen molar-refractivity contribution in [3.8, 4) is 0 Å². The molecule has 8 heteroatoms. The van der Waals surface area contributed by atoms with Gasteiger partial charge in [-0.05, 0) is 0 Å². The number of aromatic amines is 1. The maximum atomic E-state index is 11.1. The second-order valence-corrected chi connectivity index (χ2v) is 3.06. The first-order valence-corrected chi connectivity index (χ1v) is 4.58. The number of carbonyl (C=O) groups excluding carboxylic acids is 1. The van der Waals surface area contributed by atoms with Gasteiger partial charge in [-0.2, -0.15) is 5.10 Å². The standard InChI is InChI=1S/C8H10N6O2/c1-9-7(15)3-10-5-2-6-12-13-8(16)14(6)4-11-5/h2,4,10H,3H2,1H3,(H,9,15)(H,13,16).